The van der Waals surface area contributed by atoms with Crippen LogP contribution in [0, 0.1) is 0 Å². The maximum absolute atomic E-state index is 12.3. The van der Waals surface area contributed by atoms with E-state index in [0.717, 1.165) is 23.1 Å². The van der Waals surface area contributed by atoms with Gasteiger partial charge in [-0.3, -0.25) is 19.3 Å². The van der Waals surface area contributed by atoms with Gasteiger partial charge in [-0.2, -0.15) is 0 Å². The number of ether oxygens (including phenoxy) is 2. The third-order valence-electron chi connectivity index (χ3n) is 3.50. The van der Waals surface area contributed by atoms with E-state index in [1.807, 2.05) is 38.1 Å². The fourth-order valence-electron chi connectivity index (χ4n) is 1.98. The molecule has 2 rings (SSSR count). The van der Waals surface area contributed by atoms with Crippen molar-refractivity contribution in [1.82, 2.24) is 4.90 Å². The number of esters is 1. The first-order valence-electron chi connectivity index (χ1n) is 7.54. The molecule has 1 aliphatic rings. The molecule has 0 N–H and O–H groups in total. The average molecular weight is 349 g/mol. The Hall–Kier alpha value is -2.28. The van der Waals surface area contributed by atoms with E-state index in [9.17, 15) is 14.4 Å². The van der Waals surface area contributed by atoms with Gasteiger partial charge >= 0.3 is 5.97 Å². The summed E-state index contributed by atoms with van der Waals surface area (Å²) < 4.78 is 10.3. The number of carbonyl (C=O) groups excluding carboxylic acids is 3. The van der Waals surface area contributed by atoms with Gasteiger partial charge in [0.2, 0.25) is 0 Å². The van der Waals surface area contributed by atoms with Gasteiger partial charge in [-0.15, -0.1) is 0 Å². The van der Waals surface area contributed by atoms with E-state index in [2.05, 4.69) is 4.74 Å². The van der Waals surface area contributed by atoms with Crippen molar-refractivity contribution >= 4 is 35.0 Å². The molecular formula is C17H19NO5S. The minimum absolute atomic E-state index is 0.0361. The molecule has 128 valence electrons. The van der Waals surface area contributed by atoms with Crippen LogP contribution in [0.1, 0.15) is 25.8 Å². The minimum atomic E-state index is -0.640. The number of methoxy groups -OCH3 is 1. The lowest BCUT2D eigenvalue weighted by Gasteiger charge is -2.14. The number of thioether (sulfide) groups is 1. The lowest BCUT2D eigenvalue weighted by atomic mass is 10.1. The first kappa shape index (κ1) is 18.1. The Kier molecular flexibility index (Phi) is 6.03. The summed E-state index contributed by atoms with van der Waals surface area (Å²) in [6, 6.07) is 7.30. The van der Waals surface area contributed by atoms with Gasteiger partial charge in [-0.25, -0.2) is 0 Å². The highest BCUT2D eigenvalue weighted by Gasteiger charge is 2.36. The van der Waals surface area contributed by atoms with E-state index in [0.29, 0.717) is 11.3 Å². The number of nitrogens with zero attached hydrogens (tertiary/aromatic N) is 1. The van der Waals surface area contributed by atoms with Crippen LogP contribution in [0.4, 0.5) is 4.79 Å². The highest BCUT2D eigenvalue weighted by Crippen LogP contribution is 2.34. The second kappa shape index (κ2) is 8.01. The van der Waals surface area contributed by atoms with Crippen LogP contribution in [0.15, 0.2) is 29.2 Å². The Bertz CT molecular complexity index is 685. The Morgan fingerprint density at radius 2 is 2.04 bits per heavy atom. The van der Waals surface area contributed by atoms with Crippen molar-refractivity contribution < 1.29 is 23.9 Å². The standard InChI is InChI=1S/C17H19NO5S/c1-4-11(2)23-13-8-6-5-7-12(13)9-14-16(20)18(17(21)24-14)10-15(19)22-3/h5-9,11H,4,10H2,1-3H3/b14-9+/t11-/m1/s1. The summed E-state index contributed by atoms with van der Waals surface area (Å²) in [5, 5.41) is -0.489. The van der Waals surface area contributed by atoms with Gasteiger partial charge in [0, 0.05) is 5.56 Å². The van der Waals surface area contributed by atoms with Gasteiger partial charge in [0.1, 0.15) is 12.3 Å². The monoisotopic (exact) mass is 349 g/mol. The first-order chi connectivity index (χ1) is 11.5. The number of amides is 2. The normalized spacial score (nSPS) is 17.3. The Morgan fingerprint density at radius 3 is 2.71 bits per heavy atom. The van der Waals surface area contributed by atoms with Gasteiger partial charge in [0.25, 0.3) is 11.1 Å². The maximum atomic E-state index is 12.3. The van der Waals surface area contributed by atoms with Gasteiger partial charge < -0.3 is 9.47 Å². The lowest BCUT2D eigenvalue weighted by Crippen LogP contribution is -2.34. The van der Waals surface area contributed by atoms with Crippen LogP contribution in [-0.4, -0.2) is 41.8 Å². The van der Waals surface area contributed by atoms with E-state index in [-0.39, 0.29) is 17.6 Å². The molecule has 24 heavy (non-hydrogen) atoms. The zero-order chi connectivity index (χ0) is 17.7. The maximum Gasteiger partial charge on any atom is 0.325 e. The van der Waals surface area contributed by atoms with Crippen molar-refractivity contribution in [1.29, 1.82) is 0 Å². The van der Waals surface area contributed by atoms with Gasteiger partial charge in [-0.1, -0.05) is 25.1 Å². The van der Waals surface area contributed by atoms with E-state index in [1.54, 1.807) is 6.08 Å². The topological polar surface area (TPSA) is 72.9 Å². The zero-order valence-corrected chi connectivity index (χ0v) is 14.6. The fraction of sp³-hybridized carbons (Fsp3) is 0.353. The number of hydrogen-bond acceptors (Lipinski definition) is 6. The molecule has 2 amide bonds. The smallest absolute Gasteiger partial charge is 0.325 e. The summed E-state index contributed by atoms with van der Waals surface area (Å²) in [4.78, 5) is 36.7. The second-order valence-corrected chi connectivity index (χ2v) is 6.21. The quantitative estimate of drug-likeness (QED) is 0.580. The lowest BCUT2D eigenvalue weighted by molar-refractivity contribution is -0.143. The summed E-state index contributed by atoms with van der Waals surface area (Å²) in [6.07, 6.45) is 2.50. The number of benzene rings is 1. The number of rotatable bonds is 6. The predicted octanol–water partition coefficient (Wildman–Crippen LogP) is 3.07. The van der Waals surface area contributed by atoms with Crippen LogP contribution in [0.5, 0.6) is 5.75 Å². The summed E-state index contributed by atoms with van der Waals surface area (Å²) in [7, 11) is 1.21. The summed E-state index contributed by atoms with van der Waals surface area (Å²) in [5.41, 5.74) is 0.710. The van der Waals surface area contributed by atoms with Crippen molar-refractivity contribution in [3.63, 3.8) is 0 Å². The average Bonchev–Trinajstić information content (AvgIpc) is 2.83. The van der Waals surface area contributed by atoms with Crippen LogP contribution in [0.3, 0.4) is 0 Å². The Labute approximate surface area is 144 Å². The van der Waals surface area contributed by atoms with Crippen LogP contribution < -0.4 is 4.74 Å². The highest BCUT2D eigenvalue weighted by atomic mass is 32.2. The largest absolute Gasteiger partial charge is 0.490 e. The third-order valence-corrected chi connectivity index (χ3v) is 4.40. The molecule has 1 aromatic rings. The van der Waals surface area contributed by atoms with Crippen LogP contribution >= 0.6 is 11.8 Å². The molecule has 1 aliphatic heterocycles. The molecule has 0 bridgehead atoms. The van der Waals surface area contributed by atoms with E-state index in [4.69, 9.17) is 4.74 Å². The number of hydrogen-bond donors (Lipinski definition) is 0. The van der Waals surface area contributed by atoms with Gasteiger partial charge in [-0.05, 0) is 37.2 Å². The Morgan fingerprint density at radius 1 is 1.33 bits per heavy atom. The molecule has 1 fully saturated rings. The second-order valence-electron chi connectivity index (χ2n) is 5.22. The van der Waals surface area contributed by atoms with Crippen molar-refractivity contribution in [3.8, 4) is 5.75 Å². The molecular weight excluding hydrogens is 330 g/mol. The summed E-state index contributed by atoms with van der Waals surface area (Å²) in [5.74, 6) is -0.501. The van der Waals surface area contributed by atoms with E-state index >= 15 is 0 Å². The molecule has 1 heterocycles. The van der Waals surface area contributed by atoms with Crippen LogP contribution in [0.2, 0.25) is 0 Å². The van der Waals surface area contributed by atoms with Crippen molar-refractivity contribution in [2.24, 2.45) is 0 Å². The molecule has 6 nitrogen and oxygen atoms in total. The number of imide groups is 1. The molecule has 0 spiro atoms. The predicted molar refractivity (Wildman–Crippen MR) is 91.5 cm³/mol. The molecule has 1 atom stereocenters. The molecule has 0 radical (unpaired) electrons. The van der Waals surface area contributed by atoms with Gasteiger partial charge in [0.15, 0.2) is 0 Å². The highest BCUT2D eigenvalue weighted by molar-refractivity contribution is 8.18. The third kappa shape index (κ3) is 4.17. The van der Waals surface area contributed by atoms with Gasteiger partial charge in [0.05, 0.1) is 18.1 Å². The van der Waals surface area contributed by atoms with E-state index < -0.39 is 17.1 Å². The molecule has 0 saturated carbocycles. The van der Waals surface area contributed by atoms with Crippen LogP contribution in [0.25, 0.3) is 6.08 Å². The molecule has 0 aliphatic carbocycles. The van der Waals surface area contributed by atoms with E-state index in [1.165, 1.54) is 7.11 Å². The minimum Gasteiger partial charge on any atom is -0.490 e. The molecule has 0 unspecified atom stereocenters. The molecule has 0 aromatic heterocycles. The first-order valence-corrected chi connectivity index (χ1v) is 8.35. The van der Waals surface area contributed by atoms with Crippen molar-refractivity contribution in [2.45, 2.75) is 26.4 Å². The SMILES string of the molecule is CC[C@@H](C)Oc1ccccc1/C=C1/SC(=O)N(CC(=O)OC)C1=O. The molecule has 1 saturated heterocycles. The Balaban J connectivity index is 2.24. The van der Waals surface area contributed by atoms with Crippen molar-refractivity contribution in [2.75, 3.05) is 13.7 Å². The molecule has 7 heteroatoms. The molecule has 1 aromatic carbocycles. The summed E-state index contributed by atoms with van der Waals surface area (Å²) >= 11 is 0.798. The fourth-order valence-corrected chi connectivity index (χ4v) is 2.81. The zero-order valence-electron chi connectivity index (χ0n) is 13.8. The van der Waals surface area contributed by atoms with Crippen LogP contribution in [-0.2, 0) is 14.3 Å². The number of carbonyl (C=O) groups is 3. The number of para-hydroxylation sites is 1. The summed E-state index contributed by atoms with van der Waals surface area (Å²) in [6.45, 7) is 3.59. The van der Waals surface area contributed by atoms with Crippen molar-refractivity contribution in [3.05, 3.63) is 34.7 Å².